The Labute approximate surface area is 138 Å². The van der Waals surface area contributed by atoms with Crippen LogP contribution in [0.1, 0.15) is 5.56 Å². The molecule has 120 valence electrons. The smallest absolute Gasteiger partial charge is 0.314 e. The summed E-state index contributed by atoms with van der Waals surface area (Å²) in [6.45, 7) is 1.94. The summed E-state index contributed by atoms with van der Waals surface area (Å²) in [7, 11) is 0. The van der Waals surface area contributed by atoms with Crippen LogP contribution in [-0.4, -0.2) is 26.6 Å². The minimum atomic E-state index is -0.759. The Bertz CT molecular complexity index is 856. The van der Waals surface area contributed by atoms with Crippen LogP contribution in [0, 0.1) is 6.92 Å². The van der Waals surface area contributed by atoms with Crippen molar-refractivity contribution in [3.8, 4) is 5.69 Å². The topological polar surface area (TPSA) is 88.9 Å². The molecule has 7 heteroatoms. The van der Waals surface area contributed by atoms with Gasteiger partial charge in [0, 0.05) is 18.1 Å². The largest absolute Gasteiger partial charge is 0.318 e. The van der Waals surface area contributed by atoms with Crippen LogP contribution in [0.4, 0.5) is 11.4 Å². The monoisotopic (exact) mass is 321 g/mol. The van der Waals surface area contributed by atoms with Crippen molar-refractivity contribution in [3.63, 3.8) is 0 Å². The first-order valence-corrected chi connectivity index (χ1v) is 7.26. The number of benzene rings is 1. The van der Waals surface area contributed by atoms with Gasteiger partial charge in [-0.2, -0.15) is 5.10 Å². The average Bonchev–Trinajstić information content (AvgIpc) is 3.06. The van der Waals surface area contributed by atoms with Crippen molar-refractivity contribution >= 4 is 23.2 Å². The average molecular weight is 321 g/mol. The van der Waals surface area contributed by atoms with E-state index in [1.54, 1.807) is 47.5 Å². The summed E-state index contributed by atoms with van der Waals surface area (Å²) < 4.78 is 1.58. The van der Waals surface area contributed by atoms with Crippen LogP contribution in [0.25, 0.3) is 5.69 Å². The van der Waals surface area contributed by atoms with E-state index in [0.29, 0.717) is 11.4 Å². The highest BCUT2D eigenvalue weighted by molar-refractivity contribution is 6.43. The van der Waals surface area contributed by atoms with Crippen molar-refractivity contribution in [1.29, 1.82) is 0 Å². The summed E-state index contributed by atoms with van der Waals surface area (Å²) in [4.78, 5) is 27.8. The van der Waals surface area contributed by atoms with Gasteiger partial charge in [0.1, 0.15) is 0 Å². The maximum Gasteiger partial charge on any atom is 0.314 e. The lowest BCUT2D eigenvalue weighted by Crippen LogP contribution is -2.28. The molecule has 2 amide bonds. The molecule has 0 unspecified atom stereocenters. The molecule has 3 aromatic rings. The van der Waals surface area contributed by atoms with Crippen LogP contribution >= 0.6 is 0 Å². The number of nitrogens with one attached hydrogen (secondary N) is 2. The molecule has 0 saturated carbocycles. The fourth-order valence-corrected chi connectivity index (χ4v) is 2.04. The molecule has 0 aliphatic carbocycles. The van der Waals surface area contributed by atoms with Crippen molar-refractivity contribution in [3.05, 3.63) is 66.7 Å². The highest BCUT2D eigenvalue weighted by Gasteiger charge is 2.15. The van der Waals surface area contributed by atoms with Gasteiger partial charge < -0.3 is 10.6 Å². The van der Waals surface area contributed by atoms with E-state index in [1.165, 1.54) is 6.20 Å². The second-order valence-electron chi connectivity index (χ2n) is 5.15. The molecular weight excluding hydrogens is 306 g/mol. The Morgan fingerprint density at radius 3 is 2.21 bits per heavy atom. The molecule has 0 spiro atoms. The number of pyridine rings is 1. The number of aryl methyl sites for hydroxylation is 1. The molecule has 1 aromatic carbocycles. The molecule has 0 bridgehead atoms. The van der Waals surface area contributed by atoms with Crippen molar-refractivity contribution in [2.24, 2.45) is 0 Å². The molecule has 24 heavy (non-hydrogen) atoms. The Balaban J connectivity index is 1.63. The van der Waals surface area contributed by atoms with Gasteiger partial charge in [0.05, 0.1) is 23.8 Å². The van der Waals surface area contributed by atoms with E-state index in [-0.39, 0.29) is 0 Å². The zero-order chi connectivity index (χ0) is 16.9. The summed E-state index contributed by atoms with van der Waals surface area (Å²) in [5.41, 5.74) is 2.86. The van der Waals surface area contributed by atoms with Gasteiger partial charge in [-0.15, -0.1) is 0 Å². The number of aromatic nitrogens is 3. The van der Waals surface area contributed by atoms with Crippen LogP contribution in [-0.2, 0) is 9.59 Å². The lowest BCUT2D eigenvalue weighted by Gasteiger charge is -2.05. The molecular formula is C17H15N5O2. The zero-order valence-corrected chi connectivity index (χ0v) is 12.9. The van der Waals surface area contributed by atoms with Crippen LogP contribution < -0.4 is 10.6 Å². The van der Waals surface area contributed by atoms with Crippen LogP contribution in [0.5, 0.6) is 0 Å². The van der Waals surface area contributed by atoms with Crippen LogP contribution in [0.15, 0.2) is 61.2 Å². The van der Waals surface area contributed by atoms with Gasteiger partial charge in [-0.3, -0.25) is 14.6 Å². The first-order valence-electron chi connectivity index (χ1n) is 7.26. The second-order valence-corrected chi connectivity index (χ2v) is 5.15. The number of hydrogen-bond donors (Lipinski definition) is 2. The van der Waals surface area contributed by atoms with E-state index >= 15 is 0 Å². The lowest BCUT2D eigenvalue weighted by molar-refractivity contribution is -0.132. The molecule has 3 rings (SSSR count). The highest BCUT2D eigenvalue weighted by atomic mass is 16.2. The molecule has 0 aliphatic heterocycles. The first kappa shape index (κ1) is 15.4. The Morgan fingerprint density at radius 1 is 0.917 bits per heavy atom. The predicted octanol–water partition coefficient (Wildman–Crippen LogP) is 2.15. The molecule has 2 heterocycles. The molecule has 0 aliphatic rings. The molecule has 7 nitrogen and oxygen atoms in total. The zero-order valence-electron chi connectivity index (χ0n) is 12.9. The maximum atomic E-state index is 12.0. The predicted molar refractivity (Wildman–Crippen MR) is 89.8 cm³/mol. The number of carbonyl (C=O) groups is 2. The molecule has 0 radical (unpaired) electrons. The van der Waals surface area contributed by atoms with Gasteiger partial charge in [-0.05, 0) is 31.2 Å². The Morgan fingerprint density at radius 2 is 1.54 bits per heavy atom. The van der Waals surface area contributed by atoms with Gasteiger partial charge in [0.25, 0.3) is 0 Å². The van der Waals surface area contributed by atoms with Crippen molar-refractivity contribution in [2.45, 2.75) is 6.92 Å². The lowest BCUT2D eigenvalue weighted by atomic mass is 10.2. The number of rotatable bonds is 3. The standard InChI is InChI=1S/C17H15N5O2/c1-12-2-4-13(5-3-12)20-16(23)17(24)21-14-10-19-22(11-14)15-6-8-18-9-7-15/h2-11H,1H3,(H,20,23)(H,21,24). The van der Waals surface area contributed by atoms with E-state index in [4.69, 9.17) is 0 Å². The van der Waals surface area contributed by atoms with E-state index in [1.807, 2.05) is 19.1 Å². The van der Waals surface area contributed by atoms with E-state index < -0.39 is 11.8 Å². The summed E-state index contributed by atoms with van der Waals surface area (Å²) in [5, 5.41) is 9.19. The fraction of sp³-hybridized carbons (Fsp3) is 0.0588. The third-order valence-electron chi connectivity index (χ3n) is 3.28. The van der Waals surface area contributed by atoms with Gasteiger partial charge in [0.2, 0.25) is 0 Å². The number of hydrogen-bond acceptors (Lipinski definition) is 4. The third kappa shape index (κ3) is 3.64. The summed E-state index contributed by atoms with van der Waals surface area (Å²) in [6.07, 6.45) is 6.37. The molecule has 0 fully saturated rings. The van der Waals surface area contributed by atoms with Crippen molar-refractivity contribution in [2.75, 3.05) is 10.6 Å². The van der Waals surface area contributed by atoms with Gasteiger partial charge in [-0.1, -0.05) is 17.7 Å². The summed E-state index contributed by atoms with van der Waals surface area (Å²) in [5.74, 6) is -1.50. The van der Waals surface area contributed by atoms with Gasteiger partial charge >= 0.3 is 11.8 Å². The van der Waals surface area contributed by atoms with Crippen LogP contribution in [0.2, 0.25) is 0 Å². The fourth-order valence-electron chi connectivity index (χ4n) is 2.04. The third-order valence-corrected chi connectivity index (χ3v) is 3.28. The quantitative estimate of drug-likeness (QED) is 0.723. The highest BCUT2D eigenvalue weighted by Crippen LogP contribution is 2.11. The maximum absolute atomic E-state index is 12.0. The number of anilines is 2. The SMILES string of the molecule is Cc1ccc(NC(=O)C(=O)Nc2cnn(-c3ccncc3)c2)cc1. The van der Waals surface area contributed by atoms with E-state index in [9.17, 15) is 9.59 Å². The molecule has 0 saturated heterocycles. The normalized spacial score (nSPS) is 10.2. The molecule has 2 aromatic heterocycles. The first-order chi connectivity index (χ1) is 11.6. The van der Waals surface area contributed by atoms with Crippen molar-refractivity contribution < 1.29 is 9.59 Å². The Kier molecular flexibility index (Phi) is 4.33. The van der Waals surface area contributed by atoms with Crippen LogP contribution in [0.3, 0.4) is 0 Å². The summed E-state index contributed by atoms with van der Waals surface area (Å²) in [6, 6.07) is 10.7. The minimum absolute atomic E-state index is 0.427. The van der Waals surface area contributed by atoms with E-state index in [2.05, 4.69) is 20.7 Å². The van der Waals surface area contributed by atoms with Gasteiger partial charge in [-0.25, -0.2) is 4.68 Å². The minimum Gasteiger partial charge on any atom is -0.318 e. The molecule has 0 atom stereocenters. The van der Waals surface area contributed by atoms with Gasteiger partial charge in [0.15, 0.2) is 0 Å². The number of carbonyl (C=O) groups excluding carboxylic acids is 2. The Hall–Kier alpha value is -3.48. The second kappa shape index (κ2) is 6.74. The number of nitrogens with zero attached hydrogens (tertiary/aromatic N) is 3. The molecule has 2 N–H and O–H groups in total. The van der Waals surface area contributed by atoms with Crippen molar-refractivity contribution in [1.82, 2.24) is 14.8 Å². The summed E-state index contributed by atoms with van der Waals surface area (Å²) >= 11 is 0. The van der Waals surface area contributed by atoms with E-state index in [0.717, 1.165) is 11.3 Å². The number of amides is 2.